The molecule has 0 aliphatic heterocycles. The molecular weight excluding hydrogens is 375 g/mol. The van der Waals surface area contributed by atoms with Crippen LogP contribution in [0, 0.1) is 11.7 Å². The largest absolute Gasteiger partial charge is 0.356 e. The van der Waals surface area contributed by atoms with Gasteiger partial charge >= 0.3 is 0 Å². The number of thioether (sulfide) groups is 1. The Morgan fingerprint density at radius 2 is 1.86 bits per heavy atom. The molecule has 1 aromatic heterocycles. The Labute approximate surface area is 171 Å². The summed E-state index contributed by atoms with van der Waals surface area (Å²) in [5.74, 6) is 2.17. The minimum Gasteiger partial charge on any atom is -0.356 e. The van der Waals surface area contributed by atoms with Gasteiger partial charge in [0, 0.05) is 33.1 Å². The molecule has 0 unspecified atom stereocenters. The molecular formula is C20H31FN6S. The lowest BCUT2D eigenvalue weighted by molar-refractivity contribution is 0.477. The highest BCUT2D eigenvalue weighted by Gasteiger charge is 2.12. The number of nitrogens with zero attached hydrogens (tertiary/aromatic N) is 4. The highest BCUT2D eigenvalue weighted by Crippen LogP contribution is 2.16. The fourth-order valence-electron chi connectivity index (χ4n) is 2.85. The number of aliphatic imine (C=N–C) groups is 1. The molecule has 0 fully saturated rings. The second-order valence-electron chi connectivity index (χ2n) is 7.01. The molecule has 2 rings (SSSR count). The molecule has 154 valence electrons. The first-order chi connectivity index (χ1) is 13.5. The van der Waals surface area contributed by atoms with Crippen LogP contribution in [0.2, 0.25) is 0 Å². The van der Waals surface area contributed by atoms with Gasteiger partial charge in [-0.25, -0.2) is 4.39 Å². The van der Waals surface area contributed by atoms with Gasteiger partial charge in [-0.3, -0.25) is 4.99 Å². The molecule has 0 bridgehead atoms. The number of halogens is 1. The number of hydrogen-bond donors (Lipinski definition) is 2. The van der Waals surface area contributed by atoms with Gasteiger partial charge in [-0.1, -0.05) is 37.7 Å². The Bertz CT molecular complexity index is 742. The molecule has 0 saturated heterocycles. The van der Waals surface area contributed by atoms with Crippen molar-refractivity contribution < 1.29 is 4.39 Å². The maximum Gasteiger partial charge on any atom is 0.190 e. The number of hydrogen-bond acceptors (Lipinski definition) is 4. The number of rotatable bonds is 10. The third kappa shape index (κ3) is 7.14. The van der Waals surface area contributed by atoms with Gasteiger partial charge in [0.05, 0.1) is 0 Å². The number of benzene rings is 1. The number of aromatic nitrogens is 3. The Morgan fingerprint density at radius 3 is 2.50 bits per heavy atom. The molecule has 6 nitrogen and oxygen atoms in total. The molecule has 0 atom stereocenters. The van der Waals surface area contributed by atoms with Crippen molar-refractivity contribution in [3.8, 4) is 0 Å². The first-order valence-electron chi connectivity index (χ1n) is 9.68. The fraction of sp³-hybridized carbons (Fsp3) is 0.550. The molecule has 0 aliphatic rings. The third-order valence-corrected chi connectivity index (χ3v) is 4.90. The van der Waals surface area contributed by atoms with Crippen LogP contribution in [0.1, 0.15) is 31.7 Å². The molecule has 0 spiro atoms. The van der Waals surface area contributed by atoms with Crippen LogP contribution >= 0.6 is 11.8 Å². The van der Waals surface area contributed by atoms with E-state index in [1.165, 1.54) is 12.1 Å². The van der Waals surface area contributed by atoms with E-state index < -0.39 is 0 Å². The Morgan fingerprint density at radius 1 is 1.14 bits per heavy atom. The van der Waals surface area contributed by atoms with Gasteiger partial charge in [0.15, 0.2) is 11.1 Å². The summed E-state index contributed by atoms with van der Waals surface area (Å²) >= 11 is 1.64. The van der Waals surface area contributed by atoms with E-state index in [2.05, 4.69) is 44.2 Å². The number of nitrogens with one attached hydrogen (secondary N) is 2. The summed E-state index contributed by atoms with van der Waals surface area (Å²) in [5.41, 5.74) is 1.10. The first-order valence-corrected chi connectivity index (χ1v) is 10.9. The van der Waals surface area contributed by atoms with Crippen molar-refractivity contribution in [1.29, 1.82) is 0 Å². The predicted octanol–water partition coefficient (Wildman–Crippen LogP) is 3.14. The standard InChI is InChI=1S/C20H31FN6S/c1-15(2)14-27-18(25-26-20(27)28-4)6-5-12-23-19(22-3)24-13-11-16-7-9-17(21)10-8-16/h7-10,15H,5-6,11-14H2,1-4H3,(H2,22,23,24). The quantitative estimate of drug-likeness (QED) is 0.275. The summed E-state index contributed by atoms with van der Waals surface area (Å²) in [6.45, 7) is 6.90. The van der Waals surface area contributed by atoms with Crippen LogP contribution in [0.15, 0.2) is 34.4 Å². The van der Waals surface area contributed by atoms with Crippen molar-refractivity contribution in [3.63, 3.8) is 0 Å². The summed E-state index contributed by atoms with van der Waals surface area (Å²) in [4.78, 5) is 4.25. The Kier molecular flexibility index (Phi) is 9.27. The SMILES string of the molecule is CN=C(NCCCc1nnc(SC)n1CC(C)C)NCCc1ccc(F)cc1. The fourth-order valence-corrected chi connectivity index (χ4v) is 3.38. The first kappa shape index (κ1) is 22.2. The van der Waals surface area contributed by atoms with Gasteiger partial charge in [0.25, 0.3) is 0 Å². The van der Waals surface area contributed by atoms with Crippen LogP contribution in [0.3, 0.4) is 0 Å². The van der Waals surface area contributed by atoms with E-state index in [0.717, 1.165) is 61.4 Å². The van der Waals surface area contributed by atoms with E-state index in [4.69, 9.17) is 0 Å². The molecule has 2 aromatic rings. The molecule has 0 aliphatic carbocycles. The molecule has 28 heavy (non-hydrogen) atoms. The van der Waals surface area contributed by atoms with Crippen molar-refractivity contribution in [2.24, 2.45) is 10.9 Å². The molecule has 2 N–H and O–H groups in total. The number of guanidine groups is 1. The zero-order valence-corrected chi connectivity index (χ0v) is 18.0. The zero-order chi connectivity index (χ0) is 20.4. The lowest BCUT2D eigenvalue weighted by Crippen LogP contribution is -2.38. The minimum absolute atomic E-state index is 0.205. The second-order valence-corrected chi connectivity index (χ2v) is 7.79. The molecule has 1 aromatic carbocycles. The second kappa shape index (κ2) is 11.7. The minimum atomic E-state index is -0.205. The summed E-state index contributed by atoms with van der Waals surface area (Å²) in [7, 11) is 1.76. The topological polar surface area (TPSA) is 67.1 Å². The van der Waals surface area contributed by atoms with Crippen LogP contribution in [0.5, 0.6) is 0 Å². The summed E-state index contributed by atoms with van der Waals surface area (Å²) < 4.78 is 15.2. The van der Waals surface area contributed by atoms with Crippen LogP contribution in [0.25, 0.3) is 0 Å². The lowest BCUT2D eigenvalue weighted by Gasteiger charge is -2.13. The Hall–Kier alpha value is -2.09. The van der Waals surface area contributed by atoms with E-state index in [0.29, 0.717) is 5.92 Å². The smallest absolute Gasteiger partial charge is 0.190 e. The van der Waals surface area contributed by atoms with E-state index >= 15 is 0 Å². The molecule has 0 radical (unpaired) electrons. The lowest BCUT2D eigenvalue weighted by atomic mass is 10.1. The summed E-state index contributed by atoms with van der Waals surface area (Å²) in [6.07, 6.45) is 4.67. The monoisotopic (exact) mass is 406 g/mol. The van der Waals surface area contributed by atoms with Gasteiger partial charge in [-0.2, -0.15) is 0 Å². The van der Waals surface area contributed by atoms with Crippen LogP contribution in [0.4, 0.5) is 4.39 Å². The predicted molar refractivity (Wildman–Crippen MR) is 114 cm³/mol. The van der Waals surface area contributed by atoms with Gasteiger partial charge in [0.2, 0.25) is 0 Å². The molecule has 8 heteroatoms. The van der Waals surface area contributed by atoms with Crippen molar-refractivity contribution in [2.45, 2.75) is 44.8 Å². The van der Waals surface area contributed by atoms with E-state index in [1.807, 2.05) is 18.4 Å². The van der Waals surface area contributed by atoms with E-state index in [-0.39, 0.29) is 5.82 Å². The normalized spacial score (nSPS) is 11.9. The van der Waals surface area contributed by atoms with E-state index in [9.17, 15) is 4.39 Å². The zero-order valence-electron chi connectivity index (χ0n) is 17.2. The van der Waals surface area contributed by atoms with E-state index in [1.54, 1.807) is 18.8 Å². The molecule has 0 amide bonds. The number of aryl methyl sites for hydroxylation is 1. The maximum absolute atomic E-state index is 12.9. The highest BCUT2D eigenvalue weighted by atomic mass is 32.2. The Balaban J connectivity index is 1.73. The van der Waals surface area contributed by atoms with Gasteiger partial charge in [-0.15, -0.1) is 10.2 Å². The maximum atomic E-state index is 12.9. The van der Waals surface area contributed by atoms with Gasteiger partial charge < -0.3 is 15.2 Å². The summed E-state index contributed by atoms with van der Waals surface area (Å²) in [5, 5.41) is 16.3. The van der Waals surface area contributed by atoms with Gasteiger partial charge in [-0.05, 0) is 42.7 Å². The molecule has 1 heterocycles. The average molecular weight is 407 g/mol. The molecule has 0 saturated carbocycles. The summed E-state index contributed by atoms with van der Waals surface area (Å²) in [6, 6.07) is 6.60. The third-order valence-electron chi connectivity index (χ3n) is 4.24. The van der Waals surface area contributed by atoms with Gasteiger partial charge in [0.1, 0.15) is 11.6 Å². The highest BCUT2D eigenvalue weighted by molar-refractivity contribution is 7.98. The average Bonchev–Trinajstić information content (AvgIpc) is 3.06. The van der Waals surface area contributed by atoms with Crippen LogP contribution in [-0.4, -0.2) is 47.1 Å². The van der Waals surface area contributed by atoms with Crippen molar-refractivity contribution in [2.75, 3.05) is 26.4 Å². The van der Waals surface area contributed by atoms with Crippen LogP contribution < -0.4 is 10.6 Å². The van der Waals surface area contributed by atoms with Crippen molar-refractivity contribution in [1.82, 2.24) is 25.4 Å². The van der Waals surface area contributed by atoms with Crippen LogP contribution in [-0.2, 0) is 19.4 Å². The van der Waals surface area contributed by atoms with Crippen molar-refractivity contribution in [3.05, 3.63) is 41.5 Å². The van der Waals surface area contributed by atoms with Crippen molar-refractivity contribution >= 4 is 17.7 Å².